The van der Waals surface area contributed by atoms with Gasteiger partial charge in [0.15, 0.2) is 0 Å². The molecule has 6 nitrogen and oxygen atoms in total. The second-order valence-corrected chi connectivity index (χ2v) is 8.85. The fourth-order valence-electron chi connectivity index (χ4n) is 3.89. The monoisotopic (exact) mass is 450 g/mol. The summed E-state index contributed by atoms with van der Waals surface area (Å²) in [7, 11) is 0. The largest absolute Gasteiger partial charge is 0.334 e. The van der Waals surface area contributed by atoms with Gasteiger partial charge in [0.1, 0.15) is 0 Å². The summed E-state index contributed by atoms with van der Waals surface area (Å²) in [6.07, 6.45) is 0.970. The summed E-state index contributed by atoms with van der Waals surface area (Å²) >= 11 is 6.09. The highest BCUT2D eigenvalue weighted by Gasteiger charge is 2.35. The fraction of sp³-hybridized carbons (Fsp3) is 0.320. The van der Waals surface area contributed by atoms with Gasteiger partial charge in [-0.3, -0.25) is 4.90 Å². The molecule has 0 fully saturated rings. The first-order valence-electron chi connectivity index (χ1n) is 10.8. The Morgan fingerprint density at radius 3 is 2.44 bits per heavy atom. The van der Waals surface area contributed by atoms with Crippen LogP contribution in [0.15, 0.2) is 58.8 Å². The quantitative estimate of drug-likeness (QED) is 0.492. The van der Waals surface area contributed by atoms with Crippen molar-refractivity contribution in [1.82, 2.24) is 20.4 Å². The maximum Gasteiger partial charge on any atom is 0.322 e. The first-order valence-corrected chi connectivity index (χ1v) is 11.2. The number of nitrogens with one attached hydrogen (secondary N) is 1. The zero-order valence-electron chi connectivity index (χ0n) is 18.7. The van der Waals surface area contributed by atoms with Crippen molar-refractivity contribution < 1.29 is 9.32 Å². The number of halogens is 1. The van der Waals surface area contributed by atoms with Gasteiger partial charge in [-0.2, -0.15) is 4.98 Å². The molecule has 0 aliphatic carbocycles. The van der Waals surface area contributed by atoms with Crippen molar-refractivity contribution in [1.29, 1.82) is 0 Å². The molecule has 2 aromatic carbocycles. The third-order valence-electron chi connectivity index (χ3n) is 5.62. The topological polar surface area (TPSA) is 71.3 Å². The van der Waals surface area contributed by atoms with Crippen LogP contribution >= 0.6 is 11.6 Å². The number of benzene rings is 2. The van der Waals surface area contributed by atoms with Gasteiger partial charge in [-0.1, -0.05) is 73.9 Å². The van der Waals surface area contributed by atoms with Crippen LogP contribution in [0.2, 0.25) is 5.02 Å². The van der Waals surface area contributed by atoms with E-state index in [9.17, 15) is 4.79 Å². The van der Waals surface area contributed by atoms with E-state index in [1.165, 1.54) is 5.56 Å². The van der Waals surface area contributed by atoms with Crippen molar-refractivity contribution in [3.8, 4) is 11.4 Å². The molecule has 3 aromatic rings. The molecule has 0 spiro atoms. The smallest absolute Gasteiger partial charge is 0.322 e. The van der Waals surface area contributed by atoms with Gasteiger partial charge >= 0.3 is 6.03 Å². The Morgan fingerprint density at radius 2 is 1.81 bits per heavy atom. The van der Waals surface area contributed by atoms with E-state index in [1.54, 1.807) is 4.90 Å². The highest BCUT2D eigenvalue weighted by atomic mass is 35.5. The lowest BCUT2D eigenvalue weighted by Gasteiger charge is -2.36. The van der Waals surface area contributed by atoms with Crippen LogP contribution in [-0.2, 0) is 6.42 Å². The van der Waals surface area contributed by atoms with Crippen molar-refractivity contribution >= 4 is 23.2 Å². The van der Waals surface area contributed by atoms with Gasteiger partial charge in [0, 0.05) is 22.8 Å². The highest BCUT2D eigenvalue weighted by Crippen LogP contribution is 2.37. The summed E-state index contributed by atoms with van der Waals surface area (Å²) in [6, 6.07) is 15.0. The third kappa shape index (κ3) is 4.41. The van der Waals surface area contributed by atoms with E-state index in [-0.39, 0.29) is 6.03 Å². The number of allylic oxidation sites excluding steroid dienone is 1. The first kappa shape index (κ1) is 22.1. The fourth-order valence-corrected chi connectivity index (χ4v) is 4.01. The Balaban J connectivity index is 1.78. The highest BCUT2D eigenvalue weighted by molar-refractivity contribution is 6.30. The SMILES string of the molecule is CCc1ccc(-c2noc(C3=C(C)N(CC(C)C)C(=O)NC3c3ccc(Cl)cc3)n2)cc1. The van der Waals surface area contributed by atoms with E-state index in [0.717, 1.165) is 28.8 Å². The number of aromatic nitrogens is 2. The molecule has 2 heterocycles. The summed E-state index contributed by atoms with van der Waals surface area (Å²) < 4.78 is 5.73. The van der Waals surface area contributed by atoms with Gasteiger partial charge in [0.05, 0.1) is 11.6 Å². The summed E-state index contributed by atoms with van der Waals surface area (Å²) in [5.74, 6) is 1.22. The number of urea groups is 1. The lowest BCUT2D eigenvalue weighted by Crippen LogP contribution is -2.47. The van der Waals surface area contributed by atoms with Crippen molar-refractivity contribution in [2.24, 2.45) is 5.92 Å². The zero-order chi connectivity index (χ0) is 22.8. The predicted octanol–water partition coefficient (Wildman–Crippen LogP) is 6.11. The Bertz CT molecular complexity index is 1130. The molecule has 2 amide bonds. The van der Waals surface area contributed by atoms with Crippen LogP contribution in [0, 0.1) is 5.92 Å². The summed E-state index contributed by atoms with van der Waals surface area (Å²) in [5, 5.41) is 7.97. The molecule has 0 radical (unpaired) electrons. The molecular weight excluding hydrogens is 424 g/mol. The van der Waals surface area contributed by atoms with Gasteiger partial charge in [0.2, 0.25) is 5.82 Å². The number of hydrogen-bond donors (Lipinski definition) is 1. The number of hydrogen-bond acceptors (Lipinski definition) is 4. The molecule has 1 N–H and O–H groups in total. The molecule has 1 atom stereocenters. The molecular formula is C25H27ClN4O2. The van der Waals surface area contributed by atoms with Crippen LogP contribution < -0.4 is 5.32 Å². The van der Waals surface area contributed by atoms with Crippen molar-refractivity contribution in [2.75, 3.05) is 6.54 Å². The van der Waals surface area contributed by atoms with E-state index in [2.05, 4.69) is 43.4 Å². The number of carbonyl (C=O) groups excluding carboxylic acids is 1. The lowest BCUT2D eigenvalue weighted by atomic mass is 9.94. The molecule has 4 rings (SSSR count). The van der Waals surface area contributed by atoms with Crippen molar-refractivity contribution in [3.63, 3.8) is 0 Å². The van der Waals surface area contributed by atoms with E-state index in [1.807, 2.05) is 43.3 Å². The van der Waals surface area contributed by atoms with E-state index < -0.39 is 6.04 Å². The molecule has 166 valence electrons. The number of carbonyl (C=O) groups is 1. The number of aryl methyl sites for hydroxylation is 1. The predicted molar refractivity (Wildman–Crippen MR) is 126 cm³/mol. The first-order chi connectivity index (χ1) is 15.4. The molecule has 0 saturated heterocycles. The zero-order valence-corrected chi connectivity index (χ0v) is 19.5. The molecule has 1 aliphatic heterocycles. The number of nitrogens with zero attached hydrogens (tertiary/aromatic N) is 3. The van der Waals surface area contributed by atoms with Crippen molar-refractivity contribution in [2.45, 2.75) is 40.2 Å². The Labute approximate surface area is 193 Å². The van der Waals surface area contributed by atoms with E-state index >= 15 is 0 Å². The number of rotatable bonds is 6. The van der Waals surface area contributed by atoms with Crippen LogP contribution in [-0.4, -0.2) is 27.6 Å². The van der Waals surface area contributed by atoms with Crippen LogP contribution in [0.3, 0.4) is 0 Å². The van der Waals surface area contributed by atoms with Crippen LogP contribution in [0.4, 0.5) is 4.79 Å². The summed E-state index contributed by atoms with van der Waals surface area (Å²) in [4.78, 5) is 19.4. The third-order valence-corrected chi connectivity index (χ3v) is 5.88. The maximum atomic E-state index is 12.9. The lowest BCUT2D eigenvalue weighted by molar-refractivity contribution is 0.199. The molecule has 32 heavy (non-hydrogen) atoms. The Hall–Kier alpha value is -3.12. The standard InChI is InChI=1S/C25H27ClN4O2/c1-5-17-6-8-19(9-7-17)23-28-24(32-29-23)21-16(4)30(14-15(2)3)25(31)27-22(21)18-10-12-20(26)13-11-18/h6-13,15,22H,5,14H2,1-4H3,(H,27,31). The molecule has 0 saturated carbocycles. The minimum atomic E-state index is -0.418. The van der Waals surface area contributed by atoms with Gasteiger partial charge in [0.25, 0.3) is 5.89 Å². The Kier molecular flexibility index (Phi) is 6.33. The van der Waals surface area contributed by atoms with Gasteiger partial charge in [-0.15, -0.1) is 0 Å². The Morgan fingerprint density at radius 1 is 1.12 bits per heavy atom. The number of amides is 2. The second-order valence-electron chi connectivity index (χ2n) is 8.41. The minimum absolute atomic E-state index is 0.144. The van der Waals surface area contributed by atoms with E-state index in [0.29, 0.717) is 29.2 Å². The normalized spacial score (nSPS) is 16.6. The molecule has 1 aromatic heterocycles. The van der Waals surface area contributed by atoms with Crippen LogP contribution in [0.25, 0.3) is 17.0 Å². The van der Waals surface area contributed by atoms with Crippen LogP contribution in [0.5, 0.6) is 0 Å². The minimum Gasteiger partial charge on any atom is -0.334 e. The summed E-state index contributed by atoms with van der Waals surface area (Å²) in [6.45, 7) is 8.80. The van der Waals surface area contributed by atoms with Gasteiger partial charge < -0.3 is 9.84 Å². The second kappa shape index (κ2) is 9.17. The van der Waals surface area contributed by atoms with Crippen LogP contribution in [0.1, 0.15) is 50.8 Å². The summed E-state index contributed by atoms with van der Waals surface area (Å²) in [5.41, 5.74) is 4.62. The van der Waals surface area contributed by atoms with Crippen molar-refractivity contribution in [3.05, 3.63) is 76.3 Å². The maximum absolute atomic E-state index is 12.9. The molecule has 1 unspecified atom stereocenters. The molecule has 1 aliphatic rings. The molecule has 7 heteroatoms. The average Bonchev–Trinajstić information content (AvgIpc) is 3.26. The average molecular weight is 451 g/mol. The van der Waals surface area contributed by atoms with Gasteiger partial charge in [-0.25, -0.2) is 4.79 Å². The molecule has 0 bridgehead atoms. The van der Waals surface area contributed by atoms with E-state index in [4.69, 9.17) is 21.1 Å². The van der Waals surface area contributed by atoms with Gasteiger partial charge in [-0.05, 0) is 42.5 Å².